The highest BCUT2D eigenvalue weighted by atomic mass is 35.5. The molecule has 2 aliphatic rings. The van der Waals surface area contributed by atoms with E-state index in [2.05, 4.69) is 5.32 Å². The summed E-state index contributed by atoms with van der Waals surface area (Å²) in [7, 11) is 1.95. The highest BCUT2D eigenvalue weighted by Gasteiger charge is 2.29. The molecule has 0 spiro atoms. The Hall–Kier alpha value is -1.52. The average molecular weight is 307 g/mol. The smallest absolute Gasteiger partial charge is 0.253 e. The highest BCUT2D eigenvalue weighted by Crippen LogP contribution is 2.30. The zero-order valence-corrected chi connectivity index (χ0v) is 12.8. The number of ether oxygens (including phenoxy) is 1. The van der Waals surface area contributed by atoms with Crippen molar-refractivity contribution in [2.45, 2.75) is 6.42 Å². The van der Waals surface area contributed by atoms with Gasteiger partial charge in [0.1, 0.15) is 12.4 Å². The lowest BCUT2D eigenvalue weighted by atomic mass is 10.1. The predicted octanol–water partition coefficient (Wildman–Crippen LogP) is 2.18. The Morgan fingerprint density at radius 3 is 3.19 bits per heavy atom. The summed E-state index contributed by atoms with van der Waals surface area (Å²) in [6.07, 6.45) is 2.96. The average Bonchev–Trinajstić information content (AvgIpc) is 2.94. The molecule has 1 amide bonds. The summed E-state index contributed by atoms with van der Waals surface area (Å²) in [6.45, 7) is 2.93. The molecule has 1 aromatic rings. The lowest BCUT2D eigenvalue weighted by molar-refractivity contribution is -0.126. The van der Waals surface area contributed by atoms with Gasteiger partial charge >= 0.3 is 0 Å². The van der Waals surface area contributed by atoms with Crippen LogP contribution in [0.15, 0.2) is 23.8 Å². The molecule has 1 saturated heterocycles. The van der Waals surface area contributed by atoms with Gasteiger partial charge in [0, 0.05) is 23.7 Å². The third-order valence-electron chi connectivity index (χ3n) is 4.03. The van der Waals surface area contributed by atoms with Crippen LogP contribution in [-0.2, 0) is 4.79 Å². The minimum Gasteiger partial charge on any atom is -0.488 e. The Kier molecular flexibility index (Phi) is 4.17. The van der Waals surface area contributed by atoms with Crippen molar-refractivity contribution < 1.29 is 9.53 Å². The van der Waals surface area contributed by atoms with Crippen LogP contribution in [0.1, 0.15) is 12.0 Å². The van der Waals surface area contributed by atoms with Crippen LogP contribution in [0.4, 0.5) is 0 Å². The van der Waals surface area contributed by atoms with Gasteiger partial charge in [-0.3, -0.25) is 4.79 Å². The van der Waals surface area contributed by atoms with E-state index in [1.165, 1.54) is 0 Å². The molecule has 1 aromatic carbocycles. The van der Waals surface area contributed by atoms with Crippen LogP contribution in [0.3, 0.4) is 0 Å². The molecule has 2 aliphatic heterocycles. The second kappa shape index (κ2) is 6.08. The van der Waals surface area contributed by atoms with Crippen molar-refractivity contribution in [3.8, 4) is 5.75 Å². The highest BCUT2D eigenvalue weighted by molar-refractivity contribution is 6.30. The van der Waals surface area contributed by atoms with Crippen molar-refractivity contribution in [1.82, 2.24) is 10.2 Å². The molecule has 1 atom stereocenters. The number of carbonyl (C=O) groups excluding carboxylic acids is 1. The Labute approximate surface area is 129 Å². The van der Waals surface area contributed by atoms with E-state index in [-0.39, 0.29) is 5.91 Å². The molecule has 1 unspecified atom stereocenters. The maximum atomic E-state index is 12.6. The topological polar surface area (TPSA) is 41.6 Å². The van der Waals surface area contributed by atoms with E-state index in [0.29, 0.717) is 23.1 Å². The molecule has 0 aliphatic carbocycles. The first-order valence-corrected chi connectivity index (χ1v) is 7.62. The zero-order chi connectivity index (χ0) is 14.8. The molecule has 3 rings (SSSR count). The summed E-state index contributed by atoms with van der Waals surface area (Å²) in [5.74, 6) is 1.41. The number of likely N-dealkylation sites (tertiary alicyclic amines) is 1. The molecule has 0 bridgehead atoms. The van der Waals surface area contributed by atoms with Crippen molar-refractivity contribution in [2.75, 3.05) is 33.3 Å². The molecule has 0 aromatic heterocycles. The molecule has 1 N–H and O–H groups in total. The molecule has 0 radical (unpaired) electrons. The van der Waals surface area contributed by atoms with Crippen molar-refractivity contribution in [3.63, 3.8) is 0 Å². The summed E-state index contributed by atoms with van der Waals surface area (Å²) in [6, 6.07) is 5.47. The first-order valence-electron chi connectivity index (χ1n) is 7.24. The van der Waals surface area contributed by atoms with Gasteiger partial charge in [-0.05, 0) is 50.2 Å². The van der Waals surface area contributed by atoms with Crippen molar-refractivity contribution in [1.29, 1.82) is 0 Å². The molecule has 1 fully saturated rings. The normalized spacial score (nSPS) is 20.8. The van der Waals surface area contributed by atoms with Crippen LogP contribution in [0.25, 0.3) is 6.08 Å². The Balaban J connectivity index is 1.74. The van der Waals surface area contributed by atoms with E-state index in [1.54, 1.807) is 6.07 Å². The summed E-state index contributed by atoms with van der Waals surface area (Å²) < 4.78 is 5.66. The Morgan fingerprint density at radius 1 is 1.52 bits per heavy atom. The van der Waals surface area contributed by atoms with Crippen molar-refractivity contribution >= 4 is 23.6 Å². The first kappa shape index (κ1) is 14.4. The second-order valence-electron chi connectivity index (χ2n) is 5.60. The molecule has 21 heavy (non-hydrogen) atoms. The van der Waals surface area contributed by atoms with Gasteiger partial charge in [-0.1, -0.05) is 11.6 Å². The van der Waals surface area contributed by atoms with E-state index in [1.807, 2.05) is 30.2 Å². The maximum absolute atomic E-state index is 12.6. The largest absolute Gasteiger partial charge is 0.488 e. The zero-order valence-electron chi connectivity index (χ0n) is 12.1. The number of nitrogens with one attached hydrogen (secondary N) is 1. The van der Waals surface area contributed by atoms with E-state index in [0.717, 1.165) is 37.4 Å². The third-order valence-corrected chi connectivity index (χ3v) is 4.26. The number of nitrogens with zero attached hydrogens (tertiary/aromatic N) is 1. The van der Waals surface area contributed by atoms with Gasteiger partial charge in [-0.25, -0.2) is 0 Å². The van der Waals surface area contributed by atoms with Crippen LogP contribution in [0, 0.1) is 5.92 Å². The van der Waals surface area contributed by atoms with Crippen LogP contribution in [0.5, 0.6) is 5.75 Å². The number of amides is 1. The fourth-order valence-corrected chi connectivity index (χ4v) is 3.13. The van der Waals surface area contributed by atoms with E-state index >= 15 is 0 Å². The lowest BCUT2D eigenvalue weighted by Crippen LogP contribution is -2.33. The fraction of sp³-hybridized carbons (Fsp3) is 0.438. The van der Waals surface area contributed by atoms with Crippen molar-refractivity contribution in [2.24, 2.45) is 5.92 Å². The van der Waals surface area contributed by atoms with Gasteiger partial charge in [0.25, 0.3) is 5.91 Å². The van der Waals surface area contributed by atoms with Gasteiger partial charge in [0.05, 0.1) is 5.57 Å². The van der Waals surface area contributed by atoms with Gasteiger partial charge in [0.2, 0.25) is 0 Å². The molecule has 5 heteroatoms. The number of rotatable bonds is 3. The van der Waals surface area contributed by atoms with Crippen LogP contribution >= 0.6 is 11.6 Å². The third kappa shape index (κ3) is 3.06. The summed E-state index contributed by atoms with van der Waals surface area (Å²) >= 11 is 6.00. The summed E-state index contributed by atoms with van der Waals surface area (Å²) in [5, 5.41) is 3.83. The van der Waals surface area contributed by atoms with Crippen LogP contribution in [-0.4, -0.2) is 44.1 Å². The second-order valence-corrected chi connectivity index (χ2v) is 6.04. The summed E-state index contributed by atoms with van der Waals surface area (Å²) in [5.41, 5.74) is 1.58. The standard InChI is InChI=1S/C16H19ClN2O2/c1-18-8-11-4-5-19(9-11)16(20)13-6-12-7-14(17)2-3-15(12)21-10-13/h2-3,6-7,11,18H,4-5,8-10H2,1H3. The predicted molar refractivity (Wildman–Crippen MR) is 83.5 cm³/mol. The quantitative estimate of drug-likeness (QED) is 0.931. The molecule has 2 heterocycles. The van der Waals surface area contributed by atoms with Gasteiger partial charge < -0.3 is 15.0 Å². The van der Waals surface area contributed by atoms with E-state index < -0.39 is 0 Å². The van der Waals surface area contributed by atoms with Crippen LogP contribution in [0.2, 0.25) is 5.02 Å². The molecular formula is C16H19ClN2O2. The minimum absolute atomic E-state index is 0.0826. The molecule has 4 nitrogen and oxygen atoms in total. The van der Waals surface area contributed by atoms with E-state index in [4.69, 9.17) is 16.3 Å². The number of carbonyl (C=O) groups is 1. The molecular weight excluding hydrogens is 288 g/mol. The SMILES string of the molecule is CNCC1CCN(C(=O)C2=Cc3cc(Cl)ccc3OC2)C1. The number of hydrogen-bond acceptors (Lipinski definition) is 3. The first-order chi connectivity index (χ1) is 10.2. The lowest BCUT2D eigenvalue weighted by Gasteiger charge is -2.22. The van der Waals surface area contributed by atoms with Gasteiger partial charge in [-0.15, -0.1) is 0 Å². The minimum atomic E-state index is 0.0826. The fourth-order valence-electron chi connectivity index (χ4n) is 2.95. The number of benzene rings is 1. The number of fused-ring (bicyclic) bond motifs is 1. The van der Waals surface area contributed by atoms with Crippen LogP contribution < -0.4 is 10.1 Å². The molecule has 0 saturated carbocycles. The Morgan fingerprint density at radius 2 is 2.38 bits per heavy atom. The van der Waals surface area contributed by atoms with E-state index in [9.17, 15) is 4.79 Å². The maximum Gasteiger partial charge on any atom is 0.253 e. The number of halogens is 1. The molecule has 112 valence electrons. The summed E-state index contributed by atoms with van der Waals surface area (Å²) in [4.78, 5) is 14.5. The van der Waals surface area contributed by atoms with Gasteiger partial charge in [0.15, 0.2) is 0 Å². The van der Waals surface area contributed by atoms with Crippen molar-refractivity contribution in [3.05, 3.63) is 34.4 Å². The Bertz CT molecular complexity index is 586. The number of hydrogen-bond donors (Lipinski definition) is 1. The monoisotopic (exact) mass is 306 g/mol. The van der Waals surface area contributed by atoms with Gasteiger partial charge in [-0.2, -0.15) is 0 Å².